The maximum atomic E-state index is 11.7. The highest BCUT2D eigenvalue weighted by atomic mass is 16.5. The van der Waals surface area contributed by atoms with Crippen LogP contribution in [-0.2, 0) is 11.3 Å². The van der Waals surface area contributed by atoms with Gasteiger partial charge in [-0.25, -0.2) is 9.98 Å². The van der Waals surface area contributed by atoms with Crippen molar-refractivity contribution in [2.45, 2.75) is 12.5 Å². The number of carbonyl (C=O) groups excluding carboxylic acids is 2. The summed E-state index contributed by atoms with van der Waals surface area (Å²) in [5.41, 5.74) is 0.328. The lowest BCUT2D eigenvalue weighted by Crippen LogP contribution is -2.23. The molecule has 1 aliphatic rings. The van der Waals surface area contributed by atoms with Gasteiger partial charge < -0.3 is 14.8 Å². The van der Waals surface area contributed by atoms with E-state index in [-0.39, 0.29) is 30.1 Å². The van der Waals surface area contributed by atoms with Gasteiger partial charge in [0, 0.05) is 6.21 Å². The standard InChI is InChI=1S/C12H10N6O3/c19-11-7(2-1-3-14-11)10-17-9(21-18-10)5-15-12(20)8-4-13-6-16-8/h1-4,6-7H,5H2,(H,13,16)(H,15,20). The molecule has 0 radical (unpaired) electrons. The van der Waals surface area contributed by atoms with Gasteiger partial charge in [-0.05, 0) is 6.08 Å². The summed E-state index contributed by atoms with van der Waals surface area (Å²) >= 11 is 0. The summed E-state index contributed by atoms with van der Waals surface area (Å²) in [4.78, 5) is 37.4. The quantitative estimate of drug-likeness (QED) is 0.813. The number of carbonyl (C=O) groups is 2. The Labute approximate surface area is 118 Å². The Bertz CT molecular complexity index is 715. The van der Waals surface area contributed by atoms with Crippen LogP contribution < -0.4 is 5.32 Å². The van der Waals surface area contributed by atoms with Crippen LogP contribution in [0.5, 0.6) is 0 Å². The van der Waals surface area contributed by atoms with E-state index in [0.29, 0.717) is 5.69 Å². The molecule has 9 heteroatoms. The fraction of sp³-hybridized carbons (Fsp3) is 0.167. The number of hydrogen-bond donors (Lipinski definition) is 2. The third-order valence-corrected chi connectivity index (χ3v) is 2.76. The summed E-state index contributed by atoms with van der Waals surface area (Å²) < 4.78 is 4.99. The van der Waals surface area contributed by atoms with Crippen LogP contribution in [0.25, 0.3) is 0 Å². The molecule has 0 aromatic carbocycles. The number of imidazole rings is 1. The van der Waals surface area contributed by atoms with Crippen molar-refractivity contribution in [1.29, 1.82) is 0 Å². The molecule has 0 spiro atoms. The number of H-pyrrole nitrogens is 1. The van der Waals surface area contributed by atoms with E-state index in [2.05, 4.69) is 30.4 Å². The number of dihydropyridines is 1. The van der Waals surface area contributed by atoms with Crippen molar-refractivity contribution >= 4 is 18.0 Å². The molecule has 2 aromatic heterocycles. The summed E-state index contributed by atoms with van der Waals surface area (Å²) in [5.74, 6) is -0.917. The van der Waals surface area contributed by atoms with E-state index < -0.39 is 5.92 Å². The van der Waals surface area contributed by atoms with E-state index in [1.165, 1.54) is 18.7 Å². The summed E-state index contributed by atoms with van der Waals surface area (Å²) in [6, 6.07) is 0. The van der Waals surface area contributed by atoms with Crippen molar-refractivity contribution in [2.24, 2.45) is 4.99 Å². The molecule has 1 unspecified atom stereocenters. The van der Waals surface area contributed by atoms with E-state index in [9.17, 15) is 9.59 Å². The number of nitrogens with zero attached hydrogens (tertiary/aromatic N) is 4. The molecule has 21 heavy (non-hydrogen) atoms. The summed E-state index contributed by atoms with van der Waals surface area (Å²) in [5, 5.41) is 6.32. The van der Waals surface area contributed by atoms with Gasteiger partial charge in [-0.3, -0.25) is 9.59 Å². The molecule has 3 heterocycles. The van der Waals surface area contributed by atoms with Crippen LogP contribution in [-0.4, -0.2) is 38.1 Å². The summed E-state index contributed by atoms with van der Waals surface area (Å²) in [7, 11) is 0. The van der Waals surface area contributed by atoms with Gasteiger partial charge in [0.05, 0.1) is 19.1 Å². The maximum absolute atomic E-state index is 11.7. The molecule has 2 N–H and O–H groups in total. The molecule has 1 aliphatic heterocycles. The van der Waals surface area contributed by atoms with Crippen LogP contribution in [0.4, 0.5) is 0 Å². The smallest absolute Gasteiger partial charge is 0.269 e. The van der Waals surface area contributed by atoms with Crippen LogP contribution in [0, 0.1) is 0 Å². The fourth-order valence-corrected chi connectivity index (χ4v) is 1.73. The largest absolute Gasteiger partial charge is 0.342 e. The molecule has 2 aromatic rings. The Morgan fingerprint density at radius 3 is 3.14 bits per heavy atom. The zero-order chi connectivity index (χ0) is 14.7. The Morgan fingerprint density at radius 1 is 1.48 bits per heavy atom. The van der Waals surface area contributed by atoms with Gasteiger partial charge in [0.1, 0.15) is 11.6 Å². The number of rotatable bonds is 4. The third kappa shape index (κ3) is 2.76. The molecule has 0 saturated carbocycles. The van der Waals surface area contributed by atoms with E-state index >= 15 is 0 Å². The van der Waals surface area contributed by atoms with E-state index in [4.69, 9.17) is 4.52 Å². The monoisotopic (exact) mass is 286 g/mol. The Hall–Kier alpha value is -3.10. The van der Waals surface area contributed by atoms with Crippen molar-refractivity contribution in [2.75, 3.05) is 0 Å². The van der Waals surface area contributed by atoms with Crippen LogP contribution in [0.3, 0.4) is 0 Å². The van der Waals surface area contributed by atoms with Gasteiger partial charge in [-0.15, -0.1) is 0 Å². The zero-order valence-corrected chi connectivity index (χ0v) is 10.7. The average molecular weight is 286 g/mol. The number of nitrogens with one attached hydrogen (secondary N) is 2. The number of aromatic amines is 1. The third-order valence-electron chi connectivity index (χ3n) is 2.76. The van der Waals surface area contributed by atoms with Gasteiger partial charge >= 0.3 is 0 Å². The molecule has 3 rings (SSSR count). The predicted octanol–water partition coefficient (Wildman–Crippen LogP) is -0.0265. The molecule has 0 saturated heterocycles. The van der Waals surface area contributed by atoms with E-state index in [1.54, 1.807) is 12.2 Å². The van der Waals surface area contributed by atoms with E-state index in [0.717, 1.165) is 0 Å². The maximum Gasteiger partial charge on any atom is 0.269 e. The van der Waals surface area contributed by atoms with Gasteiger partial charge in [-0.1, -0.05) is 11.2 Å². The molecule has 0 bridgehead atoms. The minimum Gasteiger partial charge on any atom is -0.342 e. The number of allylic oxidation sites excluding steroid dienone is 1. The van der Waals surface area contributed by atoms with Crippen LogP contribution in [0.15, 0.2) is 34.2 Å². The minimum absolute atomic E-state index is 0.0543. The van der Waals surface area contributed by atoms with Crippen molar-refractivity contribution < 1.29 is 14.1 Å². The number of amides is 2. The number of aromatic nitrogens is 4. The number of hydrogen-bond acceptors (Lipinski definition) is 6. The van der Waals surface area contributed by atoms with Crippen LogP contribution >= 0.6 is 0 Å². The lowest BCUT2D eigenvalue weighted by molar-refractivity contribution is -0.118. The summed E-state index contributed by atoms with van der Waals surface area (Å²) in [6.07, 6.45) is 7.49. The lowest BCUT2D eigenvalue weighted by atomic mass is 10.1. The normalized spacial score (nSPS) is 17.1. The first-order valence-corrected chi connectivity index (χ1v) is 6.08. The van der Waals surface area contributed by atoms with Crippen molar-refractivity contribution in [1.82, 2.24) is 25.4 Å². The van der Waals surface area contributed by atoms with Gasteiger partial charge in [-0.2, -0.15) is 4.98 Å². The highest BCUT2D eigenvalue weighted by Gasteiger charge is 2.24. The van der Waals surface area contributed by atoms with Crippen LogP contribution in [0.1, 0.15) is 28.1 Å². The predicted molar refractivity (Wildman–Crippen MR) is 69.4 cm³/mol. The fourth-order valence-electron chi connectivity index (χ4n) is 1.73. The van der Waals surface area contributed by atoms with Crippen molar-refractivity contribution in [3.63, 3.8) is 0 Å². The lowest BCUT2D eigenvalue weighted by Gasteiger charge is -2.04. The molecular weight excluding hydrogens is 276 g/mol. The molecular formula is C12H10N6O3. The molecule has 0 aliphatic carbocycles. The second-order valence-electron chi connectivity index (χ2n) is 4.17. The minimum atomic E-state index is -0.643. The van der Waals surface area contributed by atoms with E-state index in [1.807, 2.05) is 0 Å². The molecule has 106 valence electrons. The second kappa shape index (κ2) is 5.49. The Morgan fingerprint density at radius 2 is 2.38 bits per heavy atom. The van der Waals surface area contributed by atoms with Gasteiger partial charge in [0.2, 0.25) is 5.89 Å². The SMILES string of the molecule is O=C(NCc1nc(C2C=CC=NC2=O)no1)c1cnc[nH]1. The Kier molecular flexibility index (Phi) is 3.37. The Balaban J connectivity index is 1.63. The highest BCUT2D eigenvalue weighted by molar-refractivity contribution is 5.96. The molecule has 1 atom stereocenters. The first kappa shape index (κ1) is 12.9. The van der Waals surface area contributed by atoms with Crippen molar-refractivity contribution in [3.8, 4) is 0 Å². The van der Waals surface area contributed by atoms with Crippen LogP contribution in [0.2, 0.25) is 0 Å². The van der Waals surface area contributed by atoms with Gasteiger partial charge in [0.15, 0.2) is 5.82 Å². The molecule has 9 nitrogen and oxygen atoms in total. The molecule has 0 fully saturated rings. The zero-order valence-electron chi connectivity index (χ0n) is 10.7. The number of aliphatic imine (C=N–C) groups is 1. The second-order valence-corrected chi connectivity index (χ2v) is 4.17. The first-order chi connectivity index (χ1) is 10.2. The van der Waals surface area contributed by atoms with Crippen molar-refractivity contribution in [3.05, 3.63) is 42.1 Å². The topological polar surface area (TPSA) is 126 Å². The van der Waals surface area contributed by atoms with Gasteiger partial charge in [0.25, 0.3) is 11.8 Å². The average Bonchev–Trinajstić information content (AvgIpc) is 3.17. The summed E-state index contributed by atoms with van der Waals surface area (Å²) in [6.45, 7) is 0.0543. The highest BCUT2D eigenvalue weighted by Crippen LogP contribution is 2.17. The first-order valence-electron chi connectivity index (χ1n) is 6.08. The molecule has 2 amide bonds.